The molecule has 214 valence electrons. The number of ether oxygens (including phenoxy) is 2. The van der Waals surface area contributed by atoms with Crippen LogP contribution < -0.4 is 9.47 Å². The van der Waals surface area contributed by atoms with Gasteiger partial charge in [-0.3, -0.25) is 5.10 Å². The molecule has 0 aliphatic carbocycles. The number of rotatable bonds is 6. The van der Waals surface area contributed by atoms with E-state index >= 15 is 0 Å². The maximum atomic E-state index is 6.71. The molecular formula is C34H41N5O2. The number of fused-ring (bicyclic) bond motifs is 3. The molecule has 7 nitrogen and oxygen atoms in total. The standard InChI is InChI=1S/C34H41N5O2/c1-32(2,3)21-8-11-25-24(18-21)31(38-35-25)29-14-17-40-28-13-10-23(20-30(28)41-29)34(6,7)16-15-33(4,5)22-9-12-26-27(19-22)37-39-36-26/h8-13,18-20,29H,14-17H2,1-7H3,(H,35,38)(H,36,37,39). The second-order valence-electron chi connectivity index (χ2n) is 13.8. The van der Waals surface area contributed by atoms with Gasteiger partial charge in [-0.05, 0) is 82.2 Å². The van der Waals surface area contributed by atoms with E-state index in [1.807, 2.05) is 6.07 Å². The van der Waals surface area contributed by atoms with Crippen LogP contribution in [0.2, 0.25) is 0 Å². The van der Waals surface area contributed by atoms with Crippen LogP contribution in [0.25, 0.3) is 21.9 Å². The van der Waals surface area contributed by atoms with Crippen LogP contribution in [0.15, 0.2) is 54.6 Å². The van der Waals surface area contributed by atoms with Crippen molar-refractivity contribution in [1.82, 2.24) is 25.6 Å². The molecule has 1 aliphatic heterocycles. The Labute approximate surface area is 242 Å². The number of hydrogen-bond donors (Lipinski definition) is 2. The van der Waals surface area contributed by atoms with Crippen molar-refractivity contribution < 1.29 is 9.47 Å². The summed E-state index contributed by atoms with van der Waals surface area (Å²) in [5.41, 5.74) is 7.57. The summed E-state index contributed by atoms with van der Waals surface area (Å²) in [7, 11) is 0. The minimum absolute atomic E-state index is 0.00557. The predicted molar refractivity (Wildman–Crippen MR) is 164 cm³/mol. The summed E-state index contributed by atoms with van der Waals surface area (Å²) in [5, 5.41) is 20.2. The highest BCUT2D eigenvalue weighted by Gasteiger charge is 2.30. The van der Waals surface area contributed by atoms with Crippen molar-refractivity contribution in [1.29, 1.82) is 0 Å². The highest BCUT2D eigenvalue weighted by Crippen LogP contribution is 2.42. The maximum absolute atomic E-state index is 6.71. The van der Waals surface area contributed by atoms with Gasteiger partial charge in [0.05, 0.1) is 17.8 Å². The van der Waals surface area contributed by atoms with Crippen LogP contribution in [0.5, 0.6) is 11.5 Å². The second-order valence-corrected chi connectivity index (χ2v) is 13.8. The molecular weight excluding hydrogens is 510 g/mol. The van der Waals surface area contributed by atoms with Gasteiger partial charge in [0.2, 0.25) is 0 Å². The Kier molecular flexibility index (Phi) is 6.59. The molecule has 1 unspecified atom stereocenters. The fraction of sp³-hybridized carbons (Fsp3) is 0.441. The van der Waals surface area contributed by atoms with Gasteiger partial charge in [-0.25, -0.2) is 0 Å². The smallest absolute Gasteiger partial charge is 0.162 e. The number of benzene rings is 3. The summed E-state index contributed by atoms with van der Waals surface area (Å²) in [4.78, 5) is 0. The number of aromatic nitrogens is 5. The van der Waals surface area contributed by atoms with Crippen molar-refractivity contribution in [3.8, 4) is 11.5 Å². The zero-order valence-corrected chi connectivity index (χ0v) is 25.3. The zero-order chi connectivity index (χ0) is 29.0. The van der Waals surface area contributed by atoms with Gasteiger partial charge in [0.1, 0.15) is 17.1 Å². The van der Waals surface area contributed by atoms with Crippen LogP contribution in [-0.4, -0.2) is 32.2 Å². The predicted octanol–water partition coefficient (Wildman–Crippen LogP) is 8.07. The van der Waals surface area contributed by atoms with Gasteiger partial charge in [0.15, 0.2) is 11.5 Å². The van der Waals surface area contributed by atoms with Crippen molar-refractivity contribution in [2.24, 2.45) is 0 Å². The molecule has 0 radical (unpaired) electrons. The first-order valence-electron chi connectivity index (χ1n) is 14.6. The van der Waals surface area contributed by atoms with E-state index in [4.69, 9.17) is 9.47 Å². The van der Waals surface area contributed by atoms with Crippen molar-refractivity contribution in [3.63, 3.8) is 0 Å². The Morgan fingerprint density at radius 2 is 1.37 bits per heavy atom. The van der Waals surface area contributed by atoms with Crippen LogP contribution in [0.4, 0.5) is 0 Å². The summed E-state index contributed by atoms with van der Waals surface area (Å²) in [6, 6.07) is 19.4. The van der Waals surface area contributed by atoms with Gasteiger partial charge >= 0.3 is 0 Å². The minimum Gasteiger partial charge on any atom is -0.490 e. The Morgan fingerprint density at radius 3 is 2.12 bits per heavy atom. The minimum atomic E-state index is -0.166. The van der Waals surface area contributed by atoms with E-state index in [1.165, 1.54) is 16.7 Å². The lowest BCUT2D eigenvalue weighted by molar-refractivity contribution is 0.191. The maximum Gasteiger partial charge on any atom is 0.162 e. The average molecular weight is 552 g/mol. The summed E-state index contributed by atoms with van der Waals surface area (Å²) >= 11 is 0. The van der Waals surface area contributed by atoms with Gasteiger partial charge in [-0.2, -0.15) is 20.5 Å². The third-order valence-electron chi connectivity index (χ3n) is 8.88. The van der Waals surface area contributed by atoms with E-state index in [0.29, 0.717) is 6.61 Å². The first-order chi connectivity index (χ1) is 19.4. The normalized spacial score (nSPS) is 16.3. The van der Waals surface area contributed by atoms with Crippen molar-refractivity contribution in [2.75, 3.05) is 6.61 Å². The molecule has 2 N–H and O–H groups in total. The fourth-order valence-corrected chi connectivity index (χ4v) is 5.75. The molecule has 0 saturated carbocycles. The molecule has 6 rings (SSSR count). The molecule has 3 heterocycles. The molecule has 41 heavy (non-hydrogen) atoms. The van der Waals surface area contributed by atoms with Crippen LogP contribution >= 0.6 is 0 Å². The SMILES string of the molecule is CC(C)(C)c1ccc2n[nH]c(C3CCOc4ccc(C(C)(C)CCC(C)(C)c5ccc6n[nH]nc6c5)cc4O3)c2c1. The zero-order valence-electron chi connectivity index (χ0n) is 25.3. The number of hydrogen-bond acceptors (Lipinski definition) is 5. The molecule has 2 aromatic heterocycles. The van der Waals surface area contributed by atoms with Crippen molar-refractivity contribution >= 4 is 21.9 Å². The molecule has 7 heteroatoms. The number of nitrogens with zero attached hydrogens (tertiary/aromatic N) is 3. The van der Waals surface area contributed by atoms with E-state index in [1.54, 1.807) is 0 Å². The Balaban J connectivity index is 1.24. The molecule has 3 aromatic carbocycles. The molecule has 0 saturated heterocycles. The van der Waals surface area contributed by atoms with Crippen molar-refractivity contribution in [3.05, 3.63) is 77.0 Å². The molecule has 0 amide bonds. The van der Waals surface area contributed by atoms with E-state index in [2.05, 4.69) is 123 Å². The summed E-state index contributed by atoms with van der Waals surface area (Å²) < 4.78 is 12.9. The molecule has 0 fully saturated rings. The van der Waals surface area contributed by atoms with Crippen LogP contribution in [-0.2, 0) is 16.2 Å². The summed E-state index contributed by atoms with van der Waals surface area (Å²) in [5.74, 6) is 1.59. The average Bonchev–Trinajstić information content (AvgIpc) is 3.52. The third kappa shape index (κ3) is 5.30. The fourth-order valence-electron chi connectivity index (χ4n) is 5.75. The first kappa shape index (κ1) is 27.3. The number of aromatic amines is 2. The van der Waals surface area contributed by atoms with Gasteiger partial charge < -0.3 is 9.47 Å². The van der Waals surface area contributed by atoms with Crippen molar-refractivity contribution in [2.45, 2.75) is 90.1 Å². The highest BCUT2D eigenvalue weighted by atomic mass is 16.5. The molecule has 1 aliphatic rings. The molecule has 0 spiro atoms. The van der Waals surface area contributed by atoms with E-state index in [-0.39, 0.29) is 22.3 Å². The topological polar surface area (TPSA) is 88.7 Å². The summed E-state index contributed by atoms with van der Waals surface area (Å²) in [6.07, 6.45) is 2.62. The van der Waals surface area contributed by atoms with Crippen LogP contribution in [0.1, 0.15) is 96.2 Å². The van der Waals surface area contributed by atoms with E-state index < -0.39 is 0 Å². The van der Waals surface area contributed by atoms with Gasteiger partial charge in [-0.15, -0.1) is 0 Å². The number of H-pyrrole nitrogens is 2. The lowest BCUT2D eigenvalue weighted by Crippen LogP contribution is -2.24. The highest BCUT2D eigenvalue weighted by molar-refractivity contribution is 5.82. The van der Waals surface area contributed by atoms with Gasteiger partial charge in [0, 0.05) is 11.8 Å². The quantitative estimate of drug-likeness (QED) is 0.223. The summed E-state index contributed by atoms with van der Waals surface area (Å²) in [6.45, 7) is 16.5. The Hall–Kier alpha value is -3.87. The Morgan fingerprint density at radius 1 is 0.707 bits per heavy atom. The monoisotopic (exact) mass is 551 g/mol. The lowest BCUT2D eigenvalue weighted by Gasteiger charge is -2.32. The van der Waals surface area contributed by atoms with E-state index in [0.717, 1.165) is 58.4 Å². The molecule has 1 atom stereocenters. The van der Waals surface area contributed by atoms with Crippen LogP contribution in [0, 0.1) is 0 Å². The molecule has 5 aromatic rings. The van der Waals surface area contributed by atoms with Gasteiger partial charge in [0.25, 0.3) is 0 Å². The van der Waals surface area contributed by atoms with Gasteiger partial charge in [-0.1, -0.05) is 66.7 Å². The first-order valence-corrected chi connectivity index (χ1v) is 14.6. The molecule has 0 bridgehead atoms. The lowest BCUT2D eigenvalue weighted by atomic mass is 9.72. The Bertz CT molecular complexity index is 1710. The number of nitrogens with one attached hydrogen (secondary N) is 2. The van der Waals surface area contributed by atoms with Crippen LogP contribution in [0.3, 0.4) is 0 Å². The second kappa shape index (κ2) is 9.89. The third-order valence-corrected chi connectivity index (χ3v) is 8.88. The largest absolute Gasteiger partial charge is 0.490 e. The van der Waals surface area contributed by atoms with E-state index in [9.17, 15) is 0 Å².